The lowest BCUT2D eigenvalue weighted by Crippen LogP contribution is -2.07. The van der Waals surface area contributed by atoms with Crippen LogP contribution in [0.1, 0.15) is 23.6 Å². The Balaban J connectivity index is 1.89. The molecule has 1 unspecified atom stereocenters. The first-order chi connectivity index (χ1) is 9.13. The predicted molar refractivity (Wildman–Crippen MR) is 69.1 cm³/mol. The van der Waals surface area contributed by atoms with E-state index in [0.717, 1.165) is 30.0 Å². The minimum absolute atomic E-state index is 0.0247. The van der Waals surface area contributed by atoms with Crippen molar-refractivity contribution in [1.29, 1.82) is 0 Å². The number of benzene rings is 2. The zero-order valence-electron chi connectivity index (χ0n) is 10.2. The van der Waals surface area contributed by atoms with Crippen LogP contribution in [0.3, 0.4) is 0 Å². The van der Waals surface area contributed by atoms with E-state index < -0.39 is 11.6 Å². The van der Waals surface area contributed by atoms with Gasteiger partial charge in [-0.1, -0.05) is 12.1 Å². The van der Waals surface area contributed by atoms with E-state index in [1.807, 2.05) is 6.07 Å². The van der Waals surface area contributed by atoms with Crippen molar-refractivity contribution in [2.75, 3.05) is 5.32 Å². The lowest BCUT2D eigenvalue weighted by Gasteiger charge is -2.15. The number of phenolic OH excluding ortho intramolecular Hbond substituents is 1. The number of hydrogen-bond donors (Lipinski definition) is 2. The molecule has 0 saturated carbocycles. The smallest absolute Gasteiger partial charge is 0.128 e. The van der Waals surface area contributed by atoms with Gasteiger partial charge < -0.3 is 10.4 Å². The third kappa shape index (κ3) is 2.26. The SMILES string of the molecule is Oc1cccc2c1CCC2Nc1cc(F)cc(F)c1. The molecule has 1 aliphatic carbocycles. The Bertz CT molecular complexity index is 607. The summed E-state index contributed by atoms with van der Waals surface area (Å²) in [5.74, 6) is -0.916. The Hall–Kier alpha value is -2.10. The summed E-state index contributed by atoms with van der Waals surface area (Å²) >= 11 is 0. The third-order valence-electron chi connectivity index (χ3n) is 3.45. The van der Waals surface area contributed by atoms with Crippen molar-refractivity contribution in [3.05, 3.63) is 59.2 Å². The first-order valence-electron chi connectivity index (χ1n) is 6.17. The molecule has 2 aromatic carbocycles. The van der Waals surface area contributed by atoms with Gasteiger partial charge in [0, 0.05) is 11.8 Å². The van der Waals surface area contributed by atoms with Crippen LogP contribution in [-0.2, 0) is 6.42 Å². The molecular formula is C15H13F2NO. The second kappa shape index (κ2) is 4.53. The lowest BCUT2D eigenvalue weighted by atomic mass is 10.1. The van der Waals surface area contributed by atoms with E-state index in [2.05, 4.69) is 5.32 Å². The van der Waals surface area contributed by atoms with Crippen LogP contribution in [0.15, 0.2) is 36.4 Å². The summed E-state index contributed by atoms with van der Waals surface area (Å²) < 4.78 is 26.3. The van der Waals surface area contributed by atoms with Crippen LogP contribution >= 0.6 is 0 Å². The summed E-state index contributed by atoms with van der Waals surface area (Å²) in [4.78, 5) is 0. The van der Waals surface area contributed by atoms with Crippen LogP contribution in [0, 0.1) is 11.6 Å². The summed E-state index contributed by atoms with van der Waals surface area (Å²) in [6.45, 7) is 0. The summed E-state index contributed by atoms with van der Waals surface area (Å²) in [5, 5.41) is 12.9. The molecule has 1 aliphatic rings. The summed E-state index contributed by atoms with van der Waals surface area (Å²) in [7, 11) is 0. The molecule has 19 heavy (non-hydrogen) atoms. The van der Waals surface area contributed by atoms with E-state index in [1.165, 1.54) is 12.1 Å². The van der Waals surface area contributed by atoms with Gasteiger partial charge in [-0.05, 0) is 42.2 Å². The van der Waals surface area contributed by atoms with Gasteiger partial charge in [0.2, 0.25) is 0 Å². The second-order valence-electron chi connectivity index (χ2n) is 4.74. The largest absolute Gasteiger partial charge is 0.508 e. The number of anilines is 1. The molecule has 0 amide bonds. The monoisotopic (exact) mass is 261 g/mol. The van der Waals surface area contributed by atoms with Crippen molar-refractivity contribution >= 4 is 5.69 Å². The third-order valence-corrected chi connectivity index (χ3v) is 3.45. The molecule has 0 heterocycles. The van der Waals surface area contributed by atoms with Gasteiger partial charge in [-0.25, -0.2) is 8.78 Å². The molecule has 4 heteroatoms. The van der Waals surface area contributed by atoms with E-state index in [1.54, 1.807) is 12.1 Å². The molecule has 0 aromatic heterocycles. The lowest BCUT2D eigenvalue weighted by molar-refractivity contribution is 0.469. The molecule has 2 N–H and O–H groups in total. The number of fused-ring (bicyclic) bond motifs is 1. The molecule has 0 radical (unpaired) electrons. The average Bonchev–Trinajstić information content (AvgIpc) is 2.73. The van der Waals surface area contributed by atoms with Crippen molar-refractivity contribution in [3.63, 3.8) is 0 Å². The van der Waals surface area contributed by atoms with Crippen LogP contribution in [0.2, 0.25) is 0 Å². The van der Waals surface area contributed by atoms with Gasteiger partial charge >= 0.3 is 0 Å². The predicted octanol–water partition coefficient (Wildman–Crippen LogP) is 3.77. The van der Waals surface area contributed by atoms with Crippen molar-refractivity contribution in [3.8, 4) is 5.75 Å². The highest BCUT2D eigenvalue weighted by Gasteiger charge is 2.24. The highest BCUT2D eigenvalue weighted by molar-refractivity contribution is 5.51. The molecule has 3 rings (SSSR count). The van der Waals surface area contributed by atoms with Crippen molar-refractivity contribution < 1.29 is 13.9 Å². The van der Waals surface area contributed by atoms with Crippen LogP contribution in [-0.4, -0.2) is 5.11 Å². The fraction of sp³-hybridized carbons (Fsp3) is 0.200. The fourth-order valence-electron chi connectivity index (χ4n) is 2.62. The maximum atomic E-state index is 13.1. The second-order valence-corrected chi connectivity index (χ2v) is 4.74. The van der Waals surface area contributed by atoms with E-state index in [0.29, 0.717) is 5.69 Å². The molecule has 0 spiro atoms. The number of aromatic hydroxyl groups is 1. The van der Waals surface area contributed by atoms with Crippen LogP contribution in [0.5, 0.6) is 5.75 Å². The Labute approximate surface area is 109 Å². The highest BCUT2D eigenvalue weighted by atomic mass is 19.1. The van der Waals surface area contributed by atoms with E-state index in [-0.39, 0.29) is 11.8 Å². The number of rotatable bonds is 2. The average molecular weight is 261 g/mol. The van der Waals surface area contributed by atoms with Gasteiger partial charge in [-0.15, -0.1) is 0 Å². The molecular weight excluding hydrogens is 248 g/mol. The summed E-state index contributed by atoms with van der Waals surface area (Å²) in [5.41, 5.74) is 2.32. The molecule has 0 aliphatic heterocycles. The molecule has 2 nitrogen and oxygen atoms in total. The van der Waals surface area contributed by atoms with Crippen molar-refractivity contribution in [2.24, 2.45) is 0 Å². The number of nitrogens with one attached hydrogen (secondary N) is 1. The molecule has 0 saturated heterocycles. The normalized spacial score (nSPS) is 17.3. The van der Waals surface area contributed by atoms with Gasteiger partial charge in [0.1, 0.15) is 17.4 Å². The van der Waals surface area contributed by atoms with Crippen molar-refractivity contribution in [2.45, 2.75) is 18.9 Å². The number of halogens is 2. The highest BCUT2D eigenvalue weighted by Crippen LogP contribution is 2.38. The zero-order chi connectivity index (χ0) is 13.4. The standard InChI is InChI=1S/C15H13F2NO/c16-9-6-10(17)8-11(7-9)18-14-5-4-13-12(14)2-1-3-15(13)19/h1-3,6-8,14,18-19H,4-5H2. The maximum Gasteiger partial charge on any atom is 0.128 e. The summed E-state index contributed by atoms with van der Waals surface area (Å²) in [6.07, 6.45) is 1.56. The minimum atomic E-state index is -0.600. The van der Waals surface area contributed by atoms with E-state index in [4.69, 9.17) is 0 Å². The van der Waals surface area contributed by atoms with Gasteiger partial charge in [0.15, 0.2) is 0 Å². The molecule has 98 valence electrons. The Kier molecular flexibility index (Phi) is 2.85. The van der Waals surface area contributed by atoms with Gasteiger partial charge in [-0.2, -0.15) is 0 Å². The molecule has 2 aromatic rings. The van der Waals surface area contributed by atoms with Crippen LogP contribution < -0.4 is 5.32 Å². The summed E-state index contributed by atoms with van der Waals surface area (Å²) in [6, 6.07) is 8.72. The Morgan fingerprint density at radius 1 is 1.11 bits per heavy atom. The first-order valence-corrected chi connectivity index (χ1v) is 6.17. The number of phenols is 1. The minimum Gasteiger partial charge on any atom is -0.508 e. The topological polar surface area (TPSA) is 32.3 Å². The number of hydrogen-bond acceptors (Lipinski definition) is 2. The first kappa shape index (κ1) is 12.0. The van der Waals surface area contributed by atoms with E-state index >= 15 is 0 Å². The quantitative estimate of drug-likeness (QED) is 0.862. The Morgan fingerprint density at radius 2 is 1.84 bits per heavy atom. The zero-order valence-corrected chi connectivity index (χ0v) is 10.2. The fourth-order valence-corrected chi connectivity index (χ4v) is 2.62. The maximum absolute atomic E-state index is 13.1. The van der Waals surface area contributed by atoms with Crippen LogP contribution in [0.4, 0.5) is 14.5 Å². The molecule has 1 atom stereocenters. The van der Waals surface area contributed by atoms with Gasteiger partial charge in [0.05, 0.1) is 6.04 Å². The Morgan fingerprint density at radius 3 is 2.58 bits per heavy atom. The van der Waals surface area contributed by atoms with Gasteiger partial charge in [0.25, 0.3) is 0 Å². The van der Waals surface area contributed by atoms with E-state index in [9.17, 15) is 13.9 Å². The van der Waals surface area contributed by atoms with Crippen LogP contribution in [0.25, 0.3) is 0 Å². The van der Waals surface area contributed by atoms with Gasteiger partial charge in [-0.3, -0.25) is 0 Å². The van der Waals surface area contributed by atoms with Crippen molar-refractivity contribution in [1.82, 2.24) is 0 Å². The molecule has 0 bridgehead atoms. The molecule has 0 fully saturated rings.